The molecule has 3 rings (SSSR count). The first-order valence-corrected chi connectivity index (χ1v) is 7.36. The lowest BCUT2D eigenvalue weighted by Crippen LogP contribution is -2.14. The van der Waals surface area contributed by atoms with Crippen molar-refractivity contribution in [1.29, 1.82) is 0 Å². The van der Waals surface area contributed by atoms with Crippen LogP contribution >= 0.6 is 11.6 Å². The fourth-order valence-corrected chi connectivity index (χ4v) is 3.78. The van der Waals surface area contributed by atoms with E-state index in [1.165, 1.54) is 16.6 Å². The molecular weight excluding hydrogens is 274 g/mol. The number of aromatic nitrogens is 1. The number of carbonyl (C=O) groups is 1. The molecule has 0 saturated carbocycles. The molecule has 0 aliphatic heterocycles. The zero-order chi connectivity index (χ0) is 14.4. The number of aryl methyl sites for hydroxylation is 2. The Morgan fingerprint density at radius 2 is 2.25 bits per heavy atom. The van der Waals surface area contributed by atoms with Crippen molar-refractivity contribution in [3.8, 4) is 0 Å². The minimum atomic E-state index is -0.717. The van der Waals surface area contributed by atoms with Gasteiger partial charge in [-0.15, -0.1) is 0 Å². The lowest BCUT2D eigenvalue weighted by molar-refractivity contribution is -0.137. The van der Waals surface area contributed by atoms with E-state index in [-0.39, 0.29) is 12.3 Å². The van der Waals surface area contributed by atoms with Crippen LogP contribution in [0.5, 0.6) is 0 Å². The minimum Gasteiger partial charge on any atom is -0.481 e. The fraction of sp³-hybridized carbons (Fsp3) is 0.438. The predicted octanol–water partition coefficient (Wildman–Crippen LogP) is 4.03. The number of fused-ring (bicyclic) bond motifs is 3. The molecule has 1 atom stereocenters. The second-order valence-electron chi connectivity index (χ2n) is 5.67. The molecule has 2 aromatic rings. The first-order chi connectivity index (χ1) is 9.50. The third-order valence-electron chi connectivity index (χ3n) is 4.50. The van der Waals surface area contributed by atoms with E-state index in [1.807, 2.05) is 19.1 Å². The molecule has 1 aromatic carbocycles. The first-order valence-electron chi connectivity index (χ1n) is 6.98. The van der Waals surface area contributed by atoms with Crippen LogP contribution in [0.1, 0.15) is 42.0 Å². The van der Waals surface area contributed by atoms with Gasteiger partial charge in [-0.2, -0.15) is 0 Å². The molecule has 1 aliphatic carbocycles. The average molecular weight is 292 g/mol. The van der Waals surface area contributed by atoms with Crippen molar-refractivity contribution in [3.05, 3.63) is 34.0 Å². The maximum Gasteiger partial charge on any atom is 0.303 e. The molecule has 1 N–H and O–H groups in total. The normalized spacial score (nSPS) is 18.2. The Bertz CT molecular complexity index is 702. The van der Waals surface area contributed by atoms with Crippen LogP contribution < -0.4 is 0 Å². The van der Waals surface area contributed by atoms with Gasteiger partial charge in [0.05, 0.1) is 11.9 Å². The number of carboxylic acids is 1. The van der Waals surface area contributed by atoms with Gasteiger partial charge in [-0.3, -0.25) is 4.79 Å². The van der Waals surface area contributed by atoms with Crippen LogP contribution in [0.15, 0.2) is 12.1 Å². The summed E-state index contributed by atoms with van der Waals surface area (Å²) in [5.41, 5.74) is 4.74. The number of rotatable bonds is 2. The van der Waals surface area contributed by atoms with Crippen LogP contribution in [0.3, 0.4) is 0 Å². The largest absolute Gasteiger partial charge is 0.481 e. The van der Waals surface area contributed by atoms with Crippen molar-refractivity contribution in [2.75, 3.05) is 0 Å². The Labute approximate surface area is 123 Å². The number of nitrogens with zero attached hydrogens (tertiary/aromatic N) is 1. The van der Waals surface area contributed by atoms with Crippen molar-refractivity contribution in [2.45, 2.75) is 38.5 Å². The molecule has 20 heavy (non-hydrogen) atoms. The van der Waals surface area contributed by atoms with Crippen molar-refractivity contribution in [1.82, 2.24) is 4.57 Å². The van der Waals surface area contributed by atoms with E-state index in [9.17, 15) is 4.79 Å². The molecule has 4 heteroatoms. The van der Waals surface area contributed by atoms with E-state index in [2.05, 4.69) is 11.6 Å². The number of carboxylic acid groups (broad SMARTS) is 1. The van der Waals surface area contributed by atoms with E-state index in [0.717, 1.165) is 35.4 Å². The Morgan fingerprint density at radius 1 is 1.50 bits per heavy atom. The summed E-state index contributed by atoms with van der Waals surface area (Å²) in [4.78, 5) is 11.1. The van der Waals surface area contributed by atoms with Crippen molar-refractivity contribution >= 4 is 28.5 Å². The molecule has 1 aliphatic rings. The Balaban J connectivity index is 2.28. The molecule has 0 saturated heterocycles. The molecule has 1 heterocycles. The van der Waals surface area contributed by atoms with Gasteiger partial charge in [0, 0.05) is 23.2 Å². The first kappa shape index (κ1) is 13.5. The third kappa shape index (κ3) is 1.92. The van der Waals surface area contributed by atoms with E-state index < -0.39 is 5.97 Å². The number of hydrogen-bond donors (Lipinski definition) is 1. The number of aliphatic carboxylic acids is 1. The SMILES string of the molecule is Cc1c(Cl)ccc2c3c(n(C)c12)CCCC3CC(=O)O. The summed E-state index contributed by atoms with van der Waals surface area (Å²) in [5.74, 6) is -0.592. The van der Waals surface area contributed by atoms with Crippen molar-refractivity contribution in [3.63, 3.8) is 0 Å². The van der Waals surface area contributed by atoms with Crippen LogP contribution in [-0.4, -0.2) is 15.6 Å². The standard InChI is InChI=1S/C16H18ClNO2/c1-9-12(17)7-6-11-15-10(8-14(19)20)4-3-5-13(15)18(2)16(9)11/h6-7,10H,3-5,8H2,1-2H3,(H,19,20). The minimum absolute atomic E-state index is 0.125. The van der Waals surface area contributed by atoms with Gasteiger partial charge < -0.3 is 9.67 Å². The predicted molar refractivity (Wildman–Crippen MR) is 80.6 cm³/mol. The molecule has 0 bridgehead atoms. The maximum atomic E-state index is 11.1. The van der Waals surface area contributed by atoms with Crippen LogP contribution in [-0.2, 0) is 18.3 Å². The quantitative estimate of drug-likeness (QED) is 0.907. The highest BCUT2D eigenvalue weighted by molar-refractivity contribution is 6.32. The summed E-state index contributed by atoms with van der Waals surface area (Å²) in [7, 11) is 2.06. The summed E-state index contributed by atoms with van der Waals surface area (Å²) in [6.07, 6.45) is 3.25. The van der Waals surface area contributed by atoms with Gasteiger partial charge in [-0.05, 0) is 49.3 Å². The highest BCUT2D eigenvalue weighted by Gasteiger charge is 2.28. The van der Waals surface area contributed by atoms with Crippen LogP contribution in [0.2, 0.25) is 5.02 Å². The van der Waals surface area contributed by atoms with Gasteiger partial charge in [0.2, 0.25) is 0 Å². The molecule has 1 unspecified atom stereocenters. The molecule has 0 spiro atoms. The summed E-state index contributed by atoms with van der Waals surface area (Å²) in [5, 5.41) is 11.1. The Kier molecular flexibility index (Phi) is 3.25. The van der Waals surface area contributed by atoms with Gasteiger partial charge in [-0.25, -0.2) is 0 Å². The third-order valence-corrected chi connectivity index (χ3v) is 4.91. The fourth-order valence-electron chi connectivity index (χ4n) is 3.63. The van der Waals surface area contributed by atoms with Crippen molar-refractivity contribution < 1.29 is 9.90 Å². The van der Waals surface area contributed by atoms with E-state index in [4.69, 9.17) is 16.7 Å². The molecule has 1 aromatic heterocycles. The second-order valence-corrected chi connectivity index (χ2v) is 6.08. The highest BCUT2D eigenvalue weighted by Crippen LogP contribution is 2.42. The molecule has 3 nitrogen and oxygen atoms in total. The average Bonchev–Trinajstić information content (AvgIpc) is 2.69. The van der Waals surface area contributed by atoms with Gasteiger partial charge in [0.25, 0.3) is 0 Å². The second kappa shape index (κ2) is 4.81. The Morgan fingerprint density at radius 3 is 2.95 bits per heavy atom. The van der Waals surface area contributed by atoms with Crippen LogP contribution in [0, 0.1) is 6.92 Å². The van der Waals surface area contributed by atoms with Gasteiger partial charge in [0.15, 0.2) is 0 Å². The molecule has 0 amide bonds. The number of halogens is 1. The van der Waals surface area contributed by atoms with Gasteiger partial charge in [-0.1, -0.05) is 17.7 Å². The number of hydrogen-bond acceptors (Lipinski definition) is 1. The van der Waals surface area contributed by atoms with E-state index >= 15 is 0 Å². The lowest BCUT2D eigenvalue weighted by Gasteiger charge is -2.22. The summed E-state index contributed by atoms with van der Waals surface area (Å²) in [6.45, 7) is 2.03. The monoisotopic (exact) mass is 291 g/mol. The molecular formula is C16H18ClNO2. The topological polar surface area (TPSA) is 42.2 Å². The molecule has 106 valence electrons. The Hall–Kier alpha value is -1.48. The van der Waals surface area contributed by atoms with Crippen LogP contribution in [0.25, 0.3) is 10.9 Å². The lowest BCUT2D eigenvalue weighted by atomic mass is 9.83. The highest BCUT2D eigenvalue weighted by atomic mass is 35.5. The maximum absolute atomic E-state index is 11.1. The smallest absolute Gasteiger partial charge is 0.303 e. The zero-order valence-electron chi connectivity index (χ0n) is 11.7. The zero-order valence-corrected chi connectivity index (χ0v) is 12.5. The summed E-state index contributed by atoms with van der Waals surface area (Å²) >= 11 is 6.24. The van der Waals surface area contributed by atoms with Crippen molar-refractivity contribution in [2.24, 2.45) is 7.05 Å². The molecule has 0 fully saturated rings. The van der Waals surface area contributed by atoms with Crippen LogP contribution in [0.4, 0.5) is 0 Å². The number of benzene rings is 1. The molecule has 0 radical (unpaired) electrons. The van der Waals surface area contributed by atoms with Gasteiger partial charge >= 0.3 is 5.97 Å². The van der Waals surface area contributed by atoms with Gasteiger partial charge in [0.1, 0.15) is 0 Å². The summed E-state index contributed by atoms with van der Waals surface area (Å²) in [6, 6.07) is 3.97. The van der Waals surface area contributed by atoms with E-state index in [1.54, 1.807) is 0 Å². The summed E-state index contributed by atoms with van der Waals surface area (Å²) < 4.78 is 2.21. The van der Waals surface area contributed by atoms with E-state index in [0.29, 0.717) is 0 Å².